The van der Waals surface area contributed by atoms with Crippen LogP contribution in [0.15, 0.2) is 36.7 Å². The topological polar surface area (TPSA) is 81.4 Å². The smallest absolute Gasteiger partial charge is 0.433 e. The summed E-state index contributed by atoms with van der Waals surface area (Å²) in [5, 5.41) is 6.34. The molecule has 0 amide bonds. The van der Waals surface area contributed by atoms with Crippen LogP contribution < -0.4 is 5.32 Å². The number of fused-ring (bicyclic) bond motifs is 1. The van der Waals surface area contributed by atoms with E-state index < -0.39 is 36.5 Å². The van der Waals surface area contributed by atoms with Gasteiger partial charge in [0.05, 0.1) is 13.5 Å². The number of halogens is 6. The van der Waals surface area contributed by atoms with E-state index in [0.29, 0.717) is 6.07 Å². The Balaban J connectivity index is 1.98. The molecular formula is C17H13F6N5O2. The average Bonchev–Trinajstić information content (AvgIpc) is 3.13. The molecule has 30 heavy (non-hydrogen) atoms. The minimum absolute atomic E-state index is 0.0446. The highest BCUT2D eigenvalue weighted by atomic mass is 19.4. The Hall–Kier alpha value is -3.38. The van der Waals surface area contributed by atoms with Gasteiger partial charge in [-0.2, -0.15) is 40.9 Å². The van der Waals surface area contributed by atoms with Crippen molar-refractivity contribution < 1.29 is 35.9 Å². The van der Waals surface area contributed by atoms with Crippen molar-refractivity contribution in [3.8, 4) is 0 Å². The summed E-state index contributed by atoms with van der Waals surface area (Å²) in [6.07, 6.45) is -9.38. The Morgan fingerprint density at radius 3 is 2.40 bits per heavy atom. The van der Waals surface area contributed by atoms with Crippen LogP contribution in [0.25, 0.3) is 5.78 Å². The fourth-order valence-electron chi connectivity index (χ4n) is 2.66. The highest BCUT2D eigenvalue weighted by Gasteiger charge is 2.35. The summed E-state index contributed by atoms with van der Waals surface area (Å²) in [6, 6.07) is 4.14. The lowest BCUT2D eigenvalue weighted by molar-refractivity contribution is -0.142. The molecule has 2 heterocycles. The Kier molecular flexibility index (Phi) is 5.55. The molecule has 0 fully saturated rings. The van der Waals surface area contributed by atoms with Gasteiger partial charge in [-0.3, -0.25) is 0 Å². The van der Waals surface area contributed by atoms with Crippen molar-refractivity contribution in [2.24, 2.45) is 0 Å². The van der Waals surface area contributed by atoms with Crippen LogP contribution in [0.2, 0.25) is 0 Å². The lowest BCUT2D eigenvalue weighted by Crippen LogP contribution is -2.24. The summed E-state index contributed by atoms with van der Waals surface area (Å²) in [5.41, 5.74) is -1.14. The number of aromatic nitrogens is 4. The van der Waals surface area contributed by atoms with Crippen LogP contribution in [0.4, 0.5) is 32.2 Å². The predicted octanol–water partition coefficient (Wildman–Crippen LogP) is 3.57. The number of nitrogens with zero attached hydrogens (tertiary/aromatic N) is 4. The van der Waals surface area contributed by atoms with Gasteiger partial charge < -0.3 is 10.1 Å². The number of hydrogen-bond acceptors (Lipinski definition) is 6. The minimum Gasteiger partial charge on any atom is -0.467 e. The van der Waals surface area contributed by atoms with Crippen LogP contribution in [-0.2, 0) is 22.1 Å². The first-order valence-electron chi connectivity index (χ1n) is 8.26. The van der Waals surface area contributed by atoms with E-state index >= 15 is 0 Å². The second kappa shape index (κ2) is 7.80. The molecule has 3 aromatic rings. The summed E-state index contributed by atoms with van der Waals surface area (Å²) < 4.78 is 82.6. The lowest BCUT2D eigenvalue weighted by Gasteiger charge is -2.19. The minimum atomic E-state index is -4.79. The molecule has 1 unspecified atom stereocenters. The van der Waals surface area contributed by atoms with E-state index in [9.17, 15) is 31.1 Å². The second-order valence-electron chi connectivity index (χ2n) is 6.13. The zero-order chi connectivity index (χ0) is 22.1. The first kappa shape index (κ1) is 21.3. The van der Waals surface area contributed by atoms with E-state index in [1.807, 2.05) is 0 Å². The standard InChI is InChI=1S/C17H13F6N5O2/c1-30-14(29)13(10-4-2-9(3-5-10)7-16(18,19)20)27-12-6-11(17(21,22)23)26-15-24-8-25-28(12)15/h2-6,8,13,27H,7H2,1H3. The van der Waals surface area contributed by atoms with E-state index in [1.54, 1.807) is 0 Å². The third kappa shape index (κ3) is 4.78. The molecule has 0 aliphatic carbocycles. The van der Waals surface area contributed by atoms with Crippen LogP contribution in [-0.4, -0.2) is 38.8 Å². The molecule has 0 radical (unpaired) electrons. The number of carbonyl (C=O) groups is 1. The molecule has 3 rings (SSSR count). The molecule has 0 aliphatic rings. The number of anilines is 1. The molecule has 1 aromatic carbocycles. The number of hydrogen-bond donors (Lipinski definition) is 1. The Morgan fingerprint density at radius 1 is 1.17 bits per heavy atom. The van der Waals surface area contributed by atoms with Crippen molar-refractivity contribution in [2.75, 3.05) is 12.4 Å². The molecule has 13 heteroatoms. The number of alkyl halides is 6. The van der Waals surface area contributed by atoms with Crippen molar-refractivity contribution >= 4 is 17.6 Å². The highest BCUT2D eigenvalue weighted by Crippen LogP contribution is 2.31. The van der Waals surface area contributed by atoms with Crippen LogP contribution in [0, 0.1) is 0 Å². The number of rotatable bonds is 5. The molecule has 160 valence electrons. The lowest BCUT2D eigenvalue weighted by atomic mass is 10.0. The Morgan fingerprint density at radius 2 is 1.83 bits per heavy atom. The van der Waals surface area contributed by atoms with Gasteiger partial charge >= 0.3 is 18.3 Å². The zero-order valence-electron chi connectivity index (χ0n) is 15.1. The number of esters is 1. The zero-order valence-corrected chi connectivity index (χ0v) is 15.1. The van der Waals surface area contributed by atoms with E-state index in [-0.39, 0.29) is 22.7 Å². The molecule has 2 aromatic heterocycles. The summed E-state index contributed by atoms with van der Waals surface area (Å²) in [6.45, 7) is 0. The van der Waals surface area contributed by atoms with Gasteiger partial charge in [0, 0.05) is 6.07 Å². The SMILES string of the molecule is COC(=O)C(Nc1cc(C(F)(F)F)nc2ncnn12)c1ccc(CC(F)(F)F)cc1. The van der Waals surface area contributed by atoms with Gasteiger partial charge in [-0.05, 0) is 11.1 Å². The van der Waals surface area contributed by atoms with E-state index in [1.165, 1.54) is 24.3 Å². The second-order valence-corrected chi connectivity index (χ2v) is 6.13. The van der Waals surface area contributed by atoms with Gasteiger partial charge in [-0.15, -0.1) is 0 Å². The molecule has 0 bridgehead atoms. The van der Waals surface area contributed by atoms with Gasteiger partial charge in [0.1, 0.15) is 12.1 Å². The summed E-state index contributed by atoms with van der Waals surface area (Å²) in [7, 11) is 1.06. The number of ether oxygens (including phenoxy) is 1. The maximum Gasteiger partial charge on any atom is 0.433 e. The van der Waals surface area contributed by atoms with E-state index in [2.05, 4.69) is 25.1 Å². The molecule has 1 N–H and O–H groups in total. The van der Waals surface area contributed by atoms with Gasteiger partial charge in [0.15, 0.2) is 11.7 Å². The molecular weight excluding hydrogens is 420 g/mol. The van der Waals surface area contributed by atoms with Crippen LogP contribution in [0.5, 0.6) is 0 Å². The third-order valence-corrected chi connectivity index (χ3v) is 3.99. The summed E-state index contributed by atoms with van der Waals surface area (Å²) in [5.74, 6) is -1.51. The van der Waals surface area contributed by atoms with Gasteiger partial charge in [0.25, 0.3) is 5.78 Å². The maximum absolute atomic E-state index is 13.1. The number of carbonyl (C=O) groups excluding carboxylic acids is 1. The largest absolute Gasteiger partial charge is 0.467 e. The summed E-state index contributed by atoms with van der Waals surface area (Å²) >= 11 is 0. The van der Waals surface area contributed by atoms with Crippen molar-refractivity contribution in [3.63, 3.8) is 0 Å². The van der Waals surface area contributed by atoms with Crippen molar-refractivity contribution in [3.05, 3.63) is 53.5 Å². The summed E-state index contributed by atoms with van der Waals surface area (Å²) in [4.78, 5) is 19.2. The molecule has 0 saturated heterocycles. The molecule has 1 atom stereocenters. The van der Waals surface area contributed by atoms with Crippen molar-refractivity contribution in [2.45, 2.75) is 24.8 Å². The van der Waals surface area contributed by atoms with E-state index in [0.717, 1.165) is 18.0 Å². The molecule has 0 spiro atoms. The molecule has 7 nitrogen and oxygen atoms in total. The van der Waals surface area contributed by atoms with Crippen LogP contribution >= 0.6 is 0 Å². The number of methoxy groups -OCH3 is 1. The van der Waals surface area contributed by atoms with Crippen LogP contribution in [0.1, 0.15) is 22.9 Å². The highest BCUT2D eigenvalue weighted by molar-refractivity contribution is 5.80. The van der Waals surface area contributed by atoms with Crippen molar-refractivity contribution in [1.29, 1.82) is 0 Å². The molecule has 0 aliphatic heterocycles. The van der Waals surface area contributed by atoms with Gasteiger partial charge in [-0.25, -0.2) is 9.78 Å². The number of nitrogens with one attached hydrogen (secondary N) is 1. The fourth-order valence-corrected chi connectivity index (χ4v) is 2.66. The Bertz CT molecular complexity index is 1050. The first-order chi connectivity index (χ1) is 14.0. The quantitative estimate of drug-likeness (QED) is 0.490. The molecule has 0 saturated carbocycles. The third-order valence-electron chi connectivity index (χ3n) is 3.99. The first-order valence-corrected chi connectivity index (χ1v) is 8.26. The fraction of sp³-hybridized carbons (Fsp3) is 0.294. The monoisotopic (exact) mass is 433 g/mol. The van der Waals surface area contributed by atoms with Crippen molar-refractivity contribution in [1.82, 2.24) is 19.6 Å². The van der Waals surface area contributed by atoms with Crippen LogP contribution in [0.3, 0.4) is 0 Å². The van der Waals surface area contributed by atoms with E-state index in [4.69, 9.17) is 0 Å². The normalized spacial score (nSPS) is 13.3. The maximum atomic E-state index is 13.1. The van der Waals surface area contributed by atoms with Gasteiger partial charge in [0.2, 0.25) is 0 Å². The average molecular weight is 433 g/mol. The number of benzene rings is 1. The Labute approximate surface area is 164 Å². The van der Waals surface area contributed by atoms with Gasteiger partial charge in [-0.1, -0.05) is 24.3 Å². The predicted molar refractivity (Wildman–Crippen MR) is 90.4 cm³/mol.